The summed E-state index contributed by atoms with van der Waals surface area (Å²) in [5.74, 6) is 0.273. The van der Waals surface area contributed by atoms with Crippen molar-refractivity contribution in [2.45, 2.75) is 32.1 Å². The molecule has 0 unspecified atom stereocenters. The van der Waals surface area contributed by atoms with Gasteiger partial charge < -0.3 is 19.7 Å². The normalized spacial score (nSPS) is 16.5. The Labute approximate surface area is 198 Å². The average molecular weight is 492 g/mol. The molecular weight excluding hydrogens is 468 g/mol. The molecule has 3 aromatic rings. The molecule has 2 aromatic heterocycles. The third-order valence-corrected chi connectivity index (χ3v) is 5.78. The summed E-state index contributed by atoms with van der Waals surface area (Å²) in [5, 5.41) is 23.1. The van der Waals surface area contributed by atoms with Gasteiger partial charge in [0.25, 0.3) is 5.91 Å². The summed E-state index contributed by atoms with van der Waals surface area (Å²) in [7, 11) is 0. The first-order chi connectivity index (χ1) is 16.5. The van der Waals surface area contributed by atoms with E-state index in [9.17, 15) is 13.6 Å². The van der Waals surface area contributed by atoms with Crippen molar-refractivity contribution in [3.63, 3.8) is 0 Å². The molecule has 34 heavy (non-hydrogen) atoms. The quantitative estimate of drug-likeness (QED) is 0.441. The van der Waals surface area contributed by atoms with Crippen LogP contribution in [-0.4, -0.2) is 58.7 Å². The molecule has 1 aliphatic rings. The summed E-state index contributed by atoms with van der Waals surface area (Å²) >= 11 is 1.20. The Bertz CT molecular complexity index is 1090. The van der Waals surface area contributed by atoms with Crippen molar-refractivity contribution in [3.05, 3.63) is 48.2 Å². The highest BCUT2D eigenvalue weighted by atomic mass is 32.1. The third kappa shape index (κ3) is 6.11. The Balaban J connectivity index is 1.36. The molecule has 4 rings (SSSR count). The minimum Gasteiger partial charge on any atom is -0.435 e. The zero-order valence-corrected chi connectivity index (χ0v) is 19.0. The highest BCUT2D eigenvalue weighted by Gasteiger charge is 2.26. The predicted molar refractivity (Wildman–Crippen MR) is 122 cm³/mol. The lowest BCUT2D eigenvalue weighted by atomic mass is 10.1. The number of anilines is 3. The standard InChI is InChI=1S/C21H23F2N7O3S/c1-2-32-17(13-5-3-6-15(11-13)33-19(22)23)18(31)26-21-29-28-20(34-21)25-14-8-10-30(12-14)16-7-4-9-24-27-16/h3-7,9,11,14,17,19H,2,8,10,12H2,1H3,(H,25,28)(H,26,29,31)/t14-,17+/m1/s1. The molecule has 10 nitrogen and oxygen atoms in total. The Hall–Kier alpha value is -3.45. The Morgan fingerprint density at radius 1 is 1.24 bits per heavy atom. The van der Waals surface area contributed by atoms with E-state index in [0.717, 1.165) is 25.3 Å². The second-order valence-electron chi connectivity index (χ2n) is 7.35. The maximum Gasteiger partial charge on any atom is 0.387 e. The van der Waals surface area contributed by atoms with Crippen LogP contribution in [0.15, 0.2) is 42.6 Å². The largest absolute Gasteiger partial charge is 0.435 e. The summed E-state index contributed by atoms with van der Waals surface area (Å²) in [6.45, 7) is 0.588. The maximum absolute atomic E-state index is 12.9. The van der Waals surface area contributed by atoms with Crippen LogP contribution < -0.4 is 20.3 Å². The number of halogens is 2. The summed E-state index contributed by atoms with van der Waals surface area (Å²) in [6.07, 6.45) is 1.50. The van der Waals surface area contributed by atoms with Crippen LogP contribution in [0.4, 0.5) is 24.9 Å². The van der Waals surface area contributed by atoms with Gasteiger partial charge in [-0.05, 0) is 43.2 Å². The van der Waals surface area contributed by atoms with Gasteiger partial charge in [0.1, 0.15) is 5.75 Å². The molecule has 0 radical (unpaired) electrons. The van der Waals surface area contributed by atoms with E-state index in [1.54, 1.807) is 19.2 Å². The van der Waals surface area contributed by atoms with Gasteiger partial charge >= 0.3 is 6.61 Å². The van der Waals surface area contributed by atoms with E-state index < -0.39 is 18.6 Å². The molecule has 13 heteroatoms. The SMILES string of the molecule is CCO[C@H](C(=O)Nc1nnc(N[C@@H]2CCN(c3cccnn3)C2)s1)c1cccc(OC(F)F)c1. The minimum absolute atomic E-state index is 0.0560. The van der Waals surface area contributed by atoms with Crippen LogP contribution in [0.1, 0.15) is 25.0 Å². The Morgan fingerprint density at radius 3 is 2.85 bits per heavy atom. The second-order valence-corrected chi connectivity index (χ2v) is 8.32. The molecule has 1 fully saturated rings. The fraction of sp³-hybridized carbons (Fsp3) is 0.381. The summed E-state index contributed by atoms with van der Waals surface area (Å²) in [4.78, 5) is 15.0. The molecule has 3 heterocycles. The number of aromatic nitrogens is 4. The molecule has 1 aliphatic heterocycles. The molecule has 0 spiro atoms. The van der Waals surface area contributed by atoms with E-state index in [1.807, 2.05) is 12.1 Å². The number of alkyl halides is 2. The van der Waals surface area contributed by atoms with Crippen molar-refractivity contribution in [2.24, 2.45) is 0 Å². The van der Waals surface area contributed by atoms with Crippen LogP contribution in [0, 0.1) is 0 Å². The van der Waals surface area contributed by atoms with Crippen LogP contribution >= 0.6 is 11.3 Å². The average Bonchev–Trinajstić information content (AvgIpc) is 3.47. The topological polar surface area (TPSA) is 114 Å². The fourth-order valence-corrected chi connectivity index (χ4v) is 4.29. The Kier molecular flexibility index (Phi) is 7.75. The van der Waals surface area contributed by atoms with Gasteiger partial charge in [0.2, 0.25) is 10.3 Å². The van der Waals surface area contributed by atoms with Gasteiger partial charge in [0, 0.05) is 31.9 Å². The number of hydrogen-bond donors (Lipinski definition) is 2. The number of nitrogens with one attached hydrogen (secondary N) is 2. The number of hydrogen-bond acceptors (Lipinski definition) is 10. The van der Waals surface area contributed by atoms with Gasteiger partial charge in [-0.15, -0.1) is 15.3 Å². The smallest absolute Gasteiger partial charge is 0.387 e. The zero-order chi connectivity index (χ0) is 23.9. The highest BCUT2D eigenvalue weighted by Crippen LogP contribution is 2.28. The van der Waals surface area contributed by atoms with Gasteiger partial charge in [-0.25, -0.2) is 0 Å². The first kappa shape index (κ1) is 23.7. The van der Waals surface area contributed by atoms with Crippen molar-refractivity contribution in [3.8, 4) is 5.75 Å². The number of carbonyl (C=O) groups excluding carboxylic acids is 1. The van der Waals surface area contributed by atoms with Gasteiger partial charge in [-0.3, -0.25) is 10.1 Å². The molecule has 180 valence electrons. The van der Waals surface area contributed by atoms with Gasteiger partial charge in [0.05, 0.1) is 0 Å². The van der Waals surface area contributed by atoms with Crippen LogP contribution in [0.25, 0.3) is 0 Å². The molecule has 1 amide bonds. The van der Waals surface area contributed by atoms with E-state index in [2.05, 4.69) is 40.7 Å². The van der Waals surface area contributed by atoms with Crippen molar-refractivity contribution >= 4 is 33.3 Å². The summed E-state index contributed by atoms with van der Waals surface area (Å²) < 4.78 is 35.1. The van der Waals surface area contributed by atoms with Crippen molar-refractivity contribution < 1.29 is 23.0 Å². The van der Waals surface area contributed by atoms with E-state index in [-0.39, 0.29) is 18.4 Å². The van der Waals surface area contributed by atoms with E-state index >= 15 is 0 Å². The second kappa shape index (κ2) is 11.1. The Morgan fingerprint density at radius 2 is 2.09 bits per heavy atom. The van der Waals surface area contributed by atoms with Crippen LogP contribution in [-0.2, 0) is 9.53 Å². The monoisotopic (exact) mass is 491 g/mol. The molecule has 0 aliphatic carbocycles. The maximum atomic E-state index is 12.9. The van der Waals surface area contributed by atoms with Crippen molar-refractivity contribution in [1.29, 1.82) is 0 Å². The predicted octanol–water partition coefficient (Wildman–Crippen LogP) is 3.34. The van der Waals surface area contributed by atoms with E-state index in [1.165, 1.54) is 29.5 Å². The van der Waals surface area contributed by atoms with E-state index in [4.69, 9.17) is 4.74 Å². The first-order valence-corrected chi connectivity index (χ1v) is 11.4. The molecule has 0 bridgehead atoms. The van der Waals surface area contributed by atoms with Crippen LogP contribution in [0.5, 0.6) is 5.75 Å². The van der Waals surface area contributed by atoms with Gasteiger partial charge in [0.15, 0.2) is 11.9 Å². The number of ether oxygens (including phenoxy) is 2. The third-order valence-electron chi connectivity index (χ3n) is 5.01. The lowest BCUT2D eigenvalue weighted by molar-refractivity contribution is -0.127. The molecule has 2 atom stereocenters. The number of rotatable bonds is 10. The molecule has 0 saturated carbocycles. The minimum atomic E-state index is -2.96. The molecule has 2 N–H and O–H groups in total. The van der Waals surface area contributed by atoms with Gasteiger partial charge in [-0.2, -0.15) is 13.9 Å². The van der Waals surface area contributed by atoms with Crippen LogP contribution in [0.2, 0.25) is 0 Å². The van der Waals surface area contributed by atoms with Crippen molar-refractivity contribution in [1.82, 2.24) is 20.4 Å². The number of amides is 1. The van der Waals surface area contributed by atoms with Crippen molar-refractivity contribution in [2.75, 3.05) is 35.2 Å². The summed E-state index contributed by atoms with van der Waals surface area (Å²) in [5.41, 5.74) is 0.385. The highest BCUT2D eigenvalue weighted by molar-refractivity contribution is 7.19. The van der Waals surface area contributed by atoms with E-state index in [0.29, 0.717) is 15.8 Å². The molecule has 1 aromatic carbocycles. The molecule has 1 saturated heterocycles. The van der Waals surface area contributed by atoms with Gasteiger partial charge in [-0.1, -0.05) is 23.5 Å². The fourth-order valence-electron chi connectivity index (χ4n) is 3.57. The lowest BCUT2D eigenvalue weighted by Crippen LogP contribution is -2.26. The first-order valence-electron chi connectivity index (χ1n) is 10.6. The summed E-state index contributed by atoms with van der Waals surface area (Å²) in [6, 6.07) is 9.76. The number of benzene rings is 1. The lowest BCUT2D eigenvalue weighted by Gasteiger charge is -2.17. The molecular formula is C21H23F2N7O3S. The number of carbonyl (C=O) groups is 1. The van der Waals surface area contributed by atoms with Crippen LogP contribution in [0.3, 0.4) is 0 Å². The number of nitrogens with zero attached hydrogens (tertiary/aromatic N) is 5. The zero-order valence-electron chi connectivity index (χ0n) is 18.2.